The predicted molar refractivity (Wildman–Crippen MR) is 72.4 cm³/mol. The lowest BCUT2D eigenvalue weighted by atomic mass is 9.80. The molecule has 98 valence electrons. The molecule has 1 aromatic rings. The van der Waals surface area contributed by atoms with E-state index in [2.05, 4.69) is 29.6 Å². The van der Waals surface area contributed by atoms with Gasteiger partial charge in [-0.25, -0.2) is 0 Å². The highest BCUT2D eigenvalue weighted by molar-refractivity contribution is 6.13. The van der Waals surface area contributed by atoms with E-state index in [9.17, 15) is 9.59 Å². The first-order valence-electron chi connectivity index (χ1n) is 6.84. The number of nitrogens with one attached hydrogen (secondary N) is 1. The van der Waals surface area contributed by atoms with Gasteiger partial charge in [-0.3, -0.25) is 14.9 Å². The summed E-state index contributed by atoms with van der Waals surface area (Å²) in [6, 6.07) is 10.5. The van der Waals surface area contributed by atoms with Gasteiger partial charge in [0.1, 0.15) is 0 Å². The SMILES string of the molecule is O=C1CC(=C2CCC(c3ccccc3)CC2)C(=O)N1. The van der Waals surface area contributed by atoms with Gasteiger partial charge in [0, 0.05) is 5.57 Å². The highest BCUT2D eigenvalue weighted by Gasteiger charge is 2.29. The van der Waals surface area contributed by atoms with Gasteiger partial charge in [-0.15, -0.1) is 0 Å². The summed E-state index contributed by atoms with van der Waals surface area (Å²) in [6.07, 6.45) is 4.31. The average Bonchev–Trinajstić information content (AvgIpc) is 2.79. The molecular weight excluding hydrogens is 238 g/mol. The molecule has 0 aromatic heterocycles. The molecule has 0 radical (unpaired) electrons. The van der Waals surface area contributed by atoms with Crippen molar-refractivity contribution in [2.45, 2.75) is 38.0 Å². The second-order valence-corrected chi connectivity index (χ2v) is 5.32. The molecule has 1 aliphatic heterocycles. The molecule has 19 heavy (non-hydrogen) atoms. The van der Waals surface area contributed by atoms with E-state index in [1.165, 1.54) is 11.1 Å². The van der Waals surface area contributed by atoms with Crippen LogP contribution in [0.5, 0.6) is 0 Å². The van der Waals surface area contributed by atoms with Gasteiger partial charge in [0.25, 0.3) is 5.91 Å². The highest BCUT2D eigenvalue weighted by atomic mass is 16.2. The maximum atomic E-state index is 11.6. The minimum atomic E-state index is -0.168. The number of amides is 2. The van der Waals surface area contributed by atoms with Crippen LogP contribution in [0.15, 0.2) is 41.5 Å². The summed E-state index contributed by atoms with van der Waals surface area (Å²) < 4.78 is 0. The number of benzene rings is 1. The van der Waals surface area contributed by atoms with E-state index < -0.39 is 0 Å². The van der Waals surface area contributed by atoms with Crippen molar-refractivity contribution in [1.29, 1.82) is 0 Å². The molecule has 3 rings (SSSR count). The van der Waals surface area contributed by atoms with E-state index in [0.29, 0.717) is 5.92 Å². The van der Waals surface area contributed by atoms with Crippen LogP contribution in [0.1, 0.15) is 43.6 Å². The standard InChI is InChI=1S/C16H17NO2/c18-15-10-14(16(19)17-15)13-8-6-12(7-9-13)11-4-2-1-3-5-11/h1-5,12H,6-10H2,(H,17,18,19). The summed E-state index contributed by atoms with van der Waals surface area (Å²) in [4.78, 5) is 22.9. The third kappa shape index (κ3) is 2.46. The van der Waals surface area contributed by atoms with Gasteiger partial charge in [0.05, 0.1) is 6.42 Å². The minimum Gasteiger partial charge on any atom is -0.292 e. The van der Waals surface area contributed by atoms with Crippen LogP contribution in [0.3, 0.4) is 0 Å². The van der Waals surface area contributed by atoms with E-state index in [1.807, 2.05) is 6.07 Å². The van der Waals surface area contributed by atoms with E-state index >= 15 is 0 Å². The average molecular weight is 255 g/mol. The number of carbonyl (C=O) groups is 2. The lowest BCUT2D eigenvalue weighted by Gasteiger charge is -2.25. The van der Waals surface area contributed by atoms with Crippen molar-refractivity contribution >= 4 is 11.8 Å². The molecule has 1 saturated carbocycles. The molecule has 0 unspecified atom stereocenters. The van der Waals surface area contributed by atoms with Crippen LogP contribution < -0.4 is 5.32 Å². The molecule has 3 heteroatoms. The van der Waals surface area contributed by atoms with E-state index in [4.69, 9.17) is 0 Å². The highest BCUT2D eigenvalue weighted by Crippen LogP contribution is 2.37. The van der Waals surface area contributed by atoms with Crippen molar-refractivity contribution in [1.82, 2.24) is 5.32 Å². The summed E-state index contributed by atoms with van der Waals surface area (Å²) >= 11 is 0. The number of hydrogen-bond donors (Lipinski definition) is 1. The van der Waals surface area contributed by atoms with Crippen molar-refractivity contribution in [3.63, 3.8) is 0 Å². The van der Waals surface area contributed by atoms with Crippen molar-refractivity contribution in [3.05, 3.63) is 47.0 Å². The van der Waals surface area contributed by atoms with Gasteiger partial charge in [-0.1, -0.05) is 35.9 Å². The minimum absolute atomic E-state index is 0.155. The van der Waals surface area contributed by atoms with Gasteiger partial charge in [-0.05, 0) is 37.2 Å². The molecule has 2 fully saturated rings. The van der Waals surface area contributed by atoms with Crippen molar-refractivity contribution in [2.24, 2.45) is 0 Å². The van der Waals surface area contributed by atoms with Crippen molar-refractivity contribution < 1.29 is 9.59 Å². The predicted octanol–water partition coefficient (Wildman–Crippen LogP) is 2.69. The number of carbonyl (C=O) groups excluding carboxylic acids is 2. The maximum Gasteiger partial charge on any atom is 0.254 e. The summed E-state index contributed by atoms with van der Waals surface area (Å²) in [5.74, 6) is 0.265. The summed E-state index contributed by atoms with van der Waals surface area (Å²) in [5, 5.41) is 2.37. The Morgan fingerprint density at radius 1 is 1.00 bits per heavy atom. The van der Waals surface area contributed by atoms with Crippen LogP contribution in [0.25, 0.3) is 0 Å². The fourth-order valence-corrected chi connectivity index (χ4v) is 3.10. The van der Waals surface area contributed by atoms with Crippen LogP contribution in [-0.4, -0.2) is 11.8 Å². The Labute approximate surface area is 112 Å². The molecular formula is C16H17NO2. The van der Waals surface area contributed by atoms with Crippen LogP contribution in [0, 0.1) is 0 Å². The van der Waals surface area contributed by atoms with Crippen LogP contribution >= 0.6 is 0 Å². The van der Waals surface area contributed by atoms with Gasteiger partial charge in [0.15, 0.2) is 0 Å². The number of allylic oxidation sites excluding steroid dienone is 1. The molecule has 1 heterocycles. The third-order valence-electron chi connectivity index (χ3n) is 4.15. The Hall–Kier alpha value is -1.90. The largest absolute Gasteiger partial charge is 0.292 e. The van der Waals surface area contributed by atoms with E-state index in [1.54, 1.807) is 0 Å². The Kier molecular flexibility index (Phi) is 3.20. The first-order chi connectivity index (χ1) is 9.24. The normalized spacial score (nSPS) is 23.7. The lowest BCUT2D eigenvalue weighted by molar-refractivity contribution is -0.124. The first-order valence-corrected chi connectivity index (χ1v) is 6.84. The summed E-state index contributed by atoms with van der Waals surface area (Å²) in [6.45, 7) is 0. The smallest absolute Gasteiger partial charge is 0.254 e. The monoisotopic (exact) mass is 255 g/mol. The zero-order valence-electron chi connectivity index (χ0n) is 10.8. The zero-order valence-corrected chi connectivity index (χ0v) is 10.8. The molecule has 1 saturated heterocycles. The van der Waals surface area contributed by atoms with Crippen LogP contribution in [0.2, 0.25) is 0 Å². The van der Waals surface area contributed by atoms with Crippen molar-refractivity contribution in [3.8, 4) is 0 Å². The molecule has 1 aliphatic carbocycles. The lowest BCUT2D eigenvalue weighted by Crippen LogP contribution is -2.20. The zero-order chi connectivity index (χ0) is 13.2. The Balaban J connectivity index is 1.72. The number of hydrogen-bond acceptors (Lipinski definition) is 2. The Morgan fingerprint density at radius 2 is 1.68 bits per heavy atom. The van der Waals surface area contributed by atoms with Gasteiger partial charge < -0.3 is 0 Å². The van der Waals surface area contributed by atoms with Gasteiger partial charge >= 0.3 is 0 Å². The molecule has 0 spiro atoms. The molecule has 1 N–H and O–H groups in total. The molecule has 1 aromatic carbocycles. The van der Waals surface area contributed by atoms with Gasteiger partial charge in [0.2, 0.25) is 5.91 Å². The van der Waals surface area contributed by atoms with Crippen LogP contribution in [-0.2, 0) is 9.59 Å². The van der Waals surface area contributed by atoms with Crippen LogP contribution in [0.4, 0.5) is 0 Å². The summed E-state index contributed by atoms with van der Waals surface area (Å²) in [7, 11) is 0. The van der Waals surface area contributed by atoms with E-state index in [0.717, 1.165) is 31.3 Å². The quantitative estimate of drug-likeness (QED) is 0.619. The summed E-state index contributed by atoms with van der Waals surface area (Å²) in [5.41, 5.74) is 3.31. The second-order valence-electron chi connectivity index (χ2n) is 5.32. The first kappa shape index (κ1) is 12.2. The topological polar surface area (TPSA) is 46.2 Å². The molecule has 0 bridgehead atoms. The maximum absolute atomic E-state index is 11.6. The van der Waals surface area contributed by atoms with Crippen molar-refractivity contribution in [2.75, 3.05) is 0 Å². The fourth-order valence-electron chi connectivity index (χ4n) is 3.10. The number of rotatable bonds is 1. The third-order valence-corrected chi connectivity index (χ3v) is 4.15. The number of imide groups is 1. The molecule has 2 amide bonds. The Bertz CT molecular complexity index is 535. The second kappa shape index (κ2) is 5.00. The fraction of sp³-hybridized carbons (Fsp3) is 0.375. The van der Waals surface area contributed by atoms with Gasteiger partial charge in [-0.2, -0.15) is 0 Å². The molecule has 3 nitrogen and oxygen atoms in total. The Morgan fingerprint density at radius 3 is 2.26 bits per heavy atom. The van der Waals surface area contributed by atoms with E-state index in [-0.39, 0.29) is 18.2 Å². The molecule has 0 atom stereocenters. The molecule has 2 aliphatic rings.